The van der Waals surface area contributed by atoms with Crippen LogP contribution >= 0.6 is 0 Å². The van der Waals surface area contributed by atoms with Gasteiger partial charge in [-0.05, 0) is 61.1 Å². The minimum Gasteiger partial charge on any atom is -0.365 e. The molecular formula is C36H38N10O3S. The van der Waals surface area contributed by atoms with Crippen molar-refractivity contribution in [3.05, 3.63) is 108 Å². The van der Waals surface area contributed by atoms with Crippen molar-refractivity contribution >= 4 is 33.5 Å². The van der Waals surface area contributed by atoms with Crippen LogP contribution in [0.2, 0.25) is 0 Å². The Morgan fingerprint density at radius 1 is 0.940 bits per heavy atom. The highest BCUT2D eigenvalue weighted by molar-refractivity contribution is 7.90. The van der Waals surface area contributed by atoms with Gasteiger partial charge < -0.3 is 16.0 Å². The van der Waals surface area contributed by atoms with Gasteiger partial charge in [0.2, 0.25) is 5.95 Å². The lowest BCUT2D eigenvalue weighted by Crippen LogP contribution is -2.49. The summed E-state index contributed by atoms with van der Waals surface area (Å²) in [7, 11) is -1.48. The molecule has 3 aromatic heterocycles. The van der Waals surface area contributed by atoms with E-state index in [2.05, 4.69) is 37.1 Å². The predicted octanol–water partition coefficient (Wildman–Crippen LogP) is 5.30. The third kappa shape index (κ3) is 8.42. The molecule has 2 amide bonds. The standard InChI is InChI=1S/C36H38N10O3S/c1-45-24-29(23-42-45)27-11-16-33(38-21-27)46(36(47)41-19-25-7-4-3-5-8-25)31-14-12-30(13-15-31)43-35-40-22-28(18-37)34(44-35)39-20-26-9-6-10-32(17-26)50(2,48)49/h3-11,16-17,21-24,30-31H,12-15,19-20H2,1-2H3,(H,41,47)(H2,39,40,43,44). The number of nitrogens with one attached hydrogen (secondary N) is 3. The largest absolute Gasteiger partial charge is 0.365 e. The molecule has 0 bridgehead atoms. The van der Waals surface area contributed by atoms with E-state index in [1.54, 1.807) is 40.2 Å². The van der Waals surface area contributed by atoms with Gasteiger partial charge in [0.15, 0.2) is 9.84 Å². The fraction of sp³-hybridized carbons (Fsp3) is 0.278. The second kappa shape index (κ2) is 15.2. The molecular weight excluding hydrogens is 653 g/mol. The molecule has 3 N–H and O–H groups in total. The molecule has 5 aromatic rings. The maximum atomic E-state index is 13.7. The Balaban J connectivity index is 1.12. The third-order valence-corrected chi connectivity index (χ3v) is 9.74. The first-order valence-corrected chi connectivity index (χ1v) is 18.2. The van der Waals surface area contributed by atoms with Crippen LogP contribution in [0.3, 0.4) is 0 Å². The topological polar surface area (TPSA) is 171 Å². The van der Waals surface area contributed by atoms with Crippen LogP contribution < -0.4 is 20.9 Å². The summed E-state index contributed by atoms with van der Waals surface area (Å²) in [6, 6.07) is 22.1. The summed E-state index contributed by atoms with van der Waals surface area (Å²) in [5, 5.41) is 23.6. The first kappa shape index (κ1) is 34.1. The van der Waals surface area contributed by atoms with Gasteiger partial charge in [0.05, 0.1) is 17.3 Å². The van der Waals surface area contributed by atoms with Crippen molar-refractivity contribution in [3.8, 4) is 17.2 Å². The summed E-state index contributed by atoms with van der Waals surface area (Å²) < 4.78 is 25.7. The minimum absolute atomic E-state index is 0.0497. The zero-order valence-corrected chi connectivity index (χ0v) is 28.6. The second-order valence-corrected chi connectivity index (χ2v) is 14.3. The highest BCUT2D eigenvalue weighted by Crippen LogP contribution is 2.30. The average molecular weight is 691 g/mol. The predicted molar refractivity (Wildman–Crippen MR) is 191 cm³/mol. The molecule has 0 unspecified atom stereocenters. The Morgan fingerprint density at radius 3 is 2.40 bits per heavy atom. The number of nitrogens with zero attached hydrogens (tertiary/aromatic N) is 7. The van der Waals surface area contributed by atoms with E-state index in [0.717, 1.165) is 47.9 Å². The van der Waals surface area contributed by atoms with Crippen molar-refractivity contribution in [2.24, 2.45) is 7.05 Å². The van der Waals surface area contributed by atoms with Gasteiger partial charge in [-0.1, -0.05) is 42.5 Å². The molecule has 3 heterocycles. The lowest BCUT2D eigenvalue weighted by Gasteiger charge is -2.36. The fourth-order valence-electron chi connectivity index (χ4n) is 5.99. The van der Waals surface area contributed by atoms with E-state index in [1.165, 1.54) is 12.5 Å². The van der Waals surface area contributed by atoms with E-state index >= 15 is 0 Å². The highest BCUT2D eigenvalue weighted by Gasteiger charge is 2.31. The molecule has 2 aromatic carbocycles. The van der Waals surface area contributed by atoms with Crippen LogP contribution in [0.15, 0.2) is 96.4 Å². The first-order valence-electron chi connectivity index (χ1n) is 16.3. The number of anilines is 3. The van der Waals surface area contributed by atoms with Crippen molar-refractivity contribution in [2.75, 3.05) is 21.8 Å². The Bertz CT molecular complexity index is 2090. The van der Waals surface area contributed by atoms with Crippen LogP contribution in [-0.4, -0.2) is 57.5 Å². The maximum absolute atomic E-state index is 13.7. The fourth-order valence-corrected chi connectivity index (χ4v) is 6.68. The van der Waals surface area contributed by atoms with E-state index in [-0.39, 0.29) is 35.1 Å². The molecule has 0 atom stereocenters. The van der Waals surface area contributed by atoms with Gasteiger partial charge in [-0.15, -0.1) is 0 Å². The summed E-state index contributed by atoms with van der Waals surface area (Å²) in [4.78, 5) is 29.4. The summed E-state index contributed by atoms with van der Waals surface area (Å²) >= 11 is 0. The summed E-state index contributed by atoms with van der Waals surface area (Å²) in [5.41, 5.74) is 3.88. The van der Waals surface area contributed by atoms with Crippen molar-refractivity contribution in [1.82, 2.24) is 30.0 Å². The number of sulfone groups is 1. The molecule has 14 heteroatoms. The van der Waals surface area contributed by atoms with Crippen molar-refractivity contribution in [2.45, 2.75) is 55.8 Å². The second-order valence-electron chi connectivity index (χ2n) is 12.3. The molecule has 0 spiro atoms. The molecule has 50 heavy (non-hydrogen) atoms. The highest BCUT2D eigenvalue weighted by atomic mass is 32.2. The SMILES string of the molecule is Cn1cc(-c2ccc(N(C(=O)NCc3ccccc3)C3CCC(Nc4ncc(C#N)c(NCc5cccc(S(C)(=O)=O)c5)n4)CC3)nc2)cn1. The molecule has 13 nitrogen and oxygen atoms in total. The number of rotatable bonds is 11. The molecule has 0 aliphatic heterocycles. The number of aryl methyl sites for hydroxylation is 1. The molecule has 1 aliphatic carbocycles. The smallest absolute Gasteiger partial charge is 0.323 e. The number of benzene rings is 2. The molecule has 256 valence electrons. The van der Waals surface area contributed by atoms with E-state index in [1.807, 2.05) is 61.8 Å². The average Bonchev–Trinajstić information content (AvgIpc) is 3.57. The van der Waals surface area contributed by atoms with Crippen LogP contribution in [0.5, 0.6) is 0 Å². The zero-order chi connectivity index (χ0) is 35.1. The number of carbonyl (C=O) groups is 1. The Morgan fingerprint density at radius 2 is 1.72 bits per heavy atom. The van der Waals surface area contributed by atoms with Gasteiger partial charge in [-0.25, -0.2) is 23.2 Å². The van der Waals surface area contributed by atoms with Gasteiger partial charge in [-0.2, -0.15) is 15.3 Å². The third-order valence-electron chi connectivity index (χ3n) is 8.63. The van der Waals surface area contributed by atoms with Crippen molar-refractivity contribution in [1.29, 1.82) is 5.26 Å². The van der Waals surface area contributed by atoms with Crippen LogP contribution in [0, 0.1) is 11.3 Å². The Labute approximate surface area is 291 Å². The molecule has 1 saturated carbocycles. The van der Waals surface area contributed by atoms with Crippen molar-refractivity contribution < 1.29 is 13.2 Å². The van der Waals surface area contributed by atoms with Gasteiger partial charge in [-0.3, -0.25) is 9.58 Å². The number of nitriles is 1. The zero-order valence-electron chi connectivity index (χ0n) is 27.8. The lowest BCUT2D eigenvalue weighted by molar-refractivity contribution is 0.240. The summed E-state index contributed by atoms with van der Waals surface area (Å²) in [6.45, 7) is 0.676. The summed E-state index contributed by atoms with van der Waals surface area (Å²) in [5.74, 6) is 1.31. The van der Waals surface area contributed by atoms with E-state index < -0.39 is 9.84 Å². The quantitative estimate of drug-likeness (QED) is 0.165. The van der Waals surface area contributed by atoms with E-state index in [4.69, 9.17) is 4.98 Å². The number of carbonyl (C=O) groups excluding carboxylic acids is 1. The van der Waals surface area contributed by atoms with Crippen LogP contribution in [0.25, 0.3) is 11.1 Å². The molecule has 0 saturated heterocycles. The number of urea groups is 1. The van der Waals surface area contributed by atoms with Crippen LogP contribution in [0.4, 0.5) is 22.4 Å². The number of hydrogen-bond donors (Lipinski definition) is 3. The maximum Gasteiger partial charge on any atom is 0.323 e. The van der Waals surface area contributed by atoms with Gasteiger partial charge in [0, 0.05) is 62.0 Å². The molecule has 1 fully saturated rings. The molecule has 0 radical (unpaired) electrons. The number of aromatic nitrogens is 5. The van der Waals surface area contributed by atoms with Gasteiger partial charge >= 0.3 is 6.03 Å². The van der Waals surface area contributed by atoms with Crippen LogP contribution in [0.1, 0.15) is 42.4 Å². The number of amides is 2. The number of pyridine rings is 1. The minimum atomic E-state index is -3.35. The van der Waals surface area contributed by atoms with Crippen molar-refractivity contribution in [3.63, 3.8) is 0 Å². The molecule has 6 rings (SSSR count). The monoisotopic (exact) mass is 690 g/mol. The normalized spacial score (nSPS) is 15.9. The van der Waals surface area contributed by atoms with E-state index in [9.17, 15) is 18.5 Å². The lowest BCUT2D eigenvalue weighted by atomic mass is 9.90. The Kier molecular flexibility index (Phi) is 10.3. The van der Waals surface area contributed by atoms with E-state index in [0.29, 0.717) is 24.1 Å². The van der Waals surface area contributed by atoms with Gasteiger partial charge in [0.25, 0.3) is 0 Å². The van der Waals surface area contributed by atoms with Gasteiger partial charge in [0.1, 0.15) is 23.3 Å². The molecule has 1 aliphatic rings. The van der Waals surface area contributed by atoms with Crippen LogP contribution in [-0.2, 0) is 30.0 Å². The summed E-state index contributed by atoms with van der Waals surface area (Å²) in [6.07, 6.45) is 11.1. The first-order chi connectivity index (χ1) is 24.2. The Hall–Kier alpha value is -5.81. The number of hydrogen-bond acceptors (Lipinski definition) is 10.